The lowest BCUT2D eigenvalue weighted by molar-refractivity contribution is -0.165. The molecule has 1 heterocycles. The number of carbonyl (C=O) groups excluding carboxylic acids is 1. The van der Waals surface area contributed by atoms with Gasteiger partial charge < -0.3 is 15.2 Å². The van der Waals surface area contributed by atoms with Gasteiger partial charge in [0.1, 0.15) is 5.60 Å². The smallest absolute Gasteiger partial charge is 0.311 e. The molecule has 0 aliphatic carbocycles. The Hall–Kier alpha value is -1.10. The van der Waals surface area contributed by atoms with Crippen molar-refractivity contribution in [1.29, 1.82) is 0 Å². The molecule has 17 heavy (non-hydrogen) atoms. The van der Waals surface area contributed by atoms with E-state index in [1.165, 1.54) is 0 Å². The average molecular weight is 243 g/mol. The summed E-state index contributed by atoms with van der Waals surface area (Å²) in [7, 11) is 0. The average Bonchev–Trinajstić information content (AvgIpc) is 2.45. The summed E-state index contributed by atoms with van der Waals surface area (Å²) < 4.78 is 5.19. The third-order valence-corrected chi connectivity index (χ3v) is 3.14. The molecule has 0 radical (unpaired) electrons. The SMILES string of the molecule is CC1CNCC1(CC(=O)OC(C)(C)C)C(=O)O. The van der Waals surface area contributed by atoms with E-state index in [9.17, 15) is 14.7 Å². The highest BCUT2D eigenvalue weighted by molar-refractivity contribution is 5.83. The monoisotopic (exact) mass is 243 g/mol. The molecule has 1 rings (SSSR count). The molecule has 1 saturated heterocycles. The van der Waals surface area contributed by atoms with Crippen molar-refractivity contribution < 1.29 is 19.4 Å². The van der Waals surface area contributed by atoms with Crippen molar-refractivity contribution >= 4 is 11.9 Å². The minimum atomic E-state index is -1.03. The van der Waals surface area contributed by atoms with Crippen molar-refractivity contribution in [3.05, 3.63) is 0 Å². The lowest BCUT2D eigenvalue weighted by atomic mass is 9.76. The normalized spacial score (nSPS) is 29.1. The van der Waals surface area contributed by atoms with Gasteiger partial charge in [-0.3, -0.25) is 9.59 Å². The number of hydrogen-bond donors (Lipinski definition) is 2. The number of carboxylic acids is 1. The number of carbonyl (C=O) groups is 2. The first kappa shape index (κ1) is 14.0. The number of aliphatic carboxylic acids is 1. The van der Waals surface area contributed by atoms with E-state index >= 15 is 0 Å². The molecule has 5 nitrogen and oxygen atoms in total. The summed E-state index contributed by atoms with van der Waals surface area (Å²) in [5.74, 6) is -1.45. The molecule has 0 saturated carbocycles. The summed E-state index contributed by atoms with van der Waals surface area (Å²) in [5.41, 5.74) is -1.60. The van der Waals surface area contributed by atoms with Crippen LogP contribution in [0.25, 0.3) is 0 Å². The first-order valence-corrected chi connectivity index (χ1v) is 5.83. The third-order valence-electron chi connectivity index (χ3n) is 3.14. The largest absolute Gasteiger partial charge is 0.481 e. The highest BCUT2D eigenvalue weighted by Crippen LogP contribution is 2.36. The Labute approximate surface area is 102 Å². The number of rotatable bonds is 3. The molecule has 0 bridgehead atoms. The fourth-order valence-corrected chi connectivity index (χ4v) is 2.12. The van der Waals surface area contributed by atoms with Crippen molar-refractivity contribution in [1.82, 2.24) is 5.32 Å². The predicted molar refractivity (Wildman–Crippen MR) is 62.6 cm³/mol. The Bertz CT molecular complexity index is 321. The number of hydrogen-bond acceptors (Lipinski definition) is 4. The molecule has 98 valence electrons. The fourth-order valence-electron chi connectivity index (χ4n) is 2.12. The highest BCUT2D eigenvalue weighted by atomic mass is 16.6. The quantitative estimate of drug-likeness (QED) is 0.724. The van der Waals surface area contributed by atoms with E-state index in [0.717, 1.165) is 0 Å². The molecule has 1 aliphatic rings. The van der Waals surface area contributed by atoms with E-state index in [4.69, 9.17) is 4.74 Å². The van der Waals surface area contributed by atoms with Gasteiger partial charge in [0.05, 0.1) is 11.8 Å². The van der Waals surface area contributed by atoms with Gasteiger partial charge in [-0.05, 0) is 33.2 Å². The number of ether oxygens (including phenoxy) is 1. The zero-order chi connectivity index (χ0) is 13.3. The lowest BCUT2D eigenvalue weighted by Crippen LogP contribution is -2.41. The van der Waals surface area contributed by atoms with Crippen molar-refractivity contribution in [2.45, 2.75) is 39.7 Å². The summed E-state index contributed by atoms with van der Waals surface area (Å²) >= 11 is 0. The maximum absolute atomic E-state index is 11.8. The van der Waals surface area contributed by atoms with Crippen LogP contribution in [0, 0.1) is 11.3 Å². The van der Waals surface area contributed by atoms with Crippen LogP contribution in [0.2, 0.25) is 0 Å². The van der Waals surface area contributed by atoms with Crippen LogP contribution in [0.4, 0.5) is 0 Å². The van der Waals surface area contributed by atoms with Crippen molar-refractivity contribution in [2.75, 3.05) is 13.1 Å². The standard InChI is InChI=1S/C12H21NO4/c1-8-6-13-7-12(8,10(15)16)5-9(14)17-11(2,3)4/h8,13H,5-7H2,1-4H3,(H,15,16). The molecule has 0 amide bonds. The first-order valence-electron chi connectivity index (χ1n) is 5.83. The third kappa shape index (κ3) is 3.19. The zero-order valence-corrected chi connectivity index (χ0v) is 10.9. The van der Waals surface area contributed by atoms with Gasteiger partial charge in [0.15, 0.2) is 0 Å². The topological polar surface area (TPSA) is 75.6 Å². The van der Waals surface area contributed by atoms with E-state index in [1.54, 1.807) is 20.8 Å². The molecule has 2 atom stereocenters. The summed E-state index contributed by atoms with van der Waals surface area (Å²) in [6, 6.07) is 0. The second-order valence-electron chi connectivity index (χ2n) is 5.76. The van der Waals surface area contributed by atoms with E-state index in [2.05, 4.69) is 5.32 Å². The molecule has 2 unspecified atom stereocenters. The first-order chi connectivity index (χ1) is 7.67. The van der Waals surface area contributed by atoms with Crippen LogP contribution >= 0.6 is 0 Å². The van der Waals surface area contributed by atoms with Gasteiger partial charge in [0.2, 0.25) is 0 Å². The van der Waals surface area contributed by atoms with Crippen LogP contribution in [0.1, 0.15) is 34.1 Å². The maximum atomic E-state index is 11.8. The van der Waals surface area contributed by atoms with Gasteiger partial charge >= 0.3 is 11.9 Å². The Morgan fingerprint density at radius 3 is 2.41 bits per heavy atom. The molecule has 0 aromatic rings. The van der Waals surface area contributed by atoms with E-state index in [0.29, 0.717) is 13.1 Å². The molecule has 0 spiro atoms. The van der Waals surface area contributed by atoms with Gasteiger partial charge in [-0.2, -0.15) is 0 Å². The van der Waals surface area contributed by atoms with Crippen molar-refractivity contribution in [3.8, 4) is 0 Å². The van der Waals surface area contributed by atoms with Gasteiger partial charge in [-0.25, -0.2) is 0 Å². The van der Waals surface area contributed by atoms with Gasteiger partial charge in [0.25, 0.3) is 0 Å². The Morgan fingerprint density at radius 2 is 2.06 bits per heavy atom. The highest BCUT2D eigenvalue weighted by Gasteiger charge is 2.49. The number of nitrogens with one attached hydrogen (secondary N) is 1. The maximum Gasteiger partial charge on any atom is 0.311 e. The van der Waals surface area contributed by atoms with Gasteiger partial charge in [-0.1, -0.05) is 6.92 Å². The van der Waals surface area contributed by atoms with Gasteiger partial charge in [-0.15, -0.1) is 0 Å². The number of esters is 1. The van der Waals surface area contributed by atoms with Crippen LogP contribution in [0.5, 0.6) is 0 Å². The minimum absolute atomic E-state index is 0.0756. The summed E-state index contributed by atoms with van der Waals surface area (Å²) in [6.45, 7) is 8.11. The second-order valence-corrected chi connectivity index (χ2v) is 5.76. The van der Waals surface area contributed by atoms with E-state index in [-0.39, 0.29) is 12.3 Å². The molecular weight excluding hydrogens is 222 g/mol. The molecule has 5 heteroatoms. The molecule has 2 N–H and O–H groups in total. The zero-order valence-electron chi connectivity index (χ0n) is 10.9. The van der Waals surface area contributed by atoms with E-state index < -0.39 is 23.0 Å². The summed E-state index contributed by atoms with van der Waals surface area (Å²) in [6.07, 6.45) is -0.0756. The molecule has 0 aromatic heterocycles. The summed E-state index contributed by atoms with van der Waals surface area (Å²) in [4.78, 5) is 23.1. The fraction of sp³-hybridized carbons (Fsp3) is 0.833. The van der Waals surface area contributed by atoms with E-state index in [1.807, 2.05) is 6.92 Å². The Morgan fingerprint density at radius 1 is 1.47 bits per heavy atom. The minimum Gasteiger partial charge on any atom is -0.481 e. The predicted octanol–water partition coefficient (Wildman–Crippen LogP) is 1.03. The van der Waals surface area contributed by atoms with Crippen molar-refractivity contribution in [3.63, 3.8) is 0 Å². The Kier molecular flexibility index (Phi) is 3.81. The van der Waals surface area contributed by atoms with Gasteiger partial charge in [0, 0.05) is 6.54 Å². The molecule has 1 aliphatic heterocycles. The van der Waals surface area contributed by atoms with Crippen LogP contribution in [0.3, 0.4) is 0 Å². The van der Waals surface area contributed by atoms with Crippen molar-refractivity contribution in [2.24, 2.45) is 11.3 Å². The molecule has 0 aromatic carbocycles. The van der Waals surface area contributed by atoms with Crippen LogP contribution in [0.15, 0.2) is 0 Å². The Balaban J connectivity index is 2.75. The van der Waals surface area contributed by atoms with Crippen LogP contribution in [-0.4, -0.2) is 35.7 Å². The van der Waals surface area contributed by atoms with Crippen LogP contribution in [-0.2, 0) is 14.3 Å². The van der Waals surface area contributed by atoms with Crippen LogP contribution < -0.4 is 5.32 Å². The second kappa shape index (κ2) is 4.64. The molecular formula is C12H21NO4. The number of carboxylic acid groups (broad SMARTS) is 1. The summed E-state index contributed by atoms with van der Waals surface area (Å²) in [5, 5.41) is 12.4. The molecule has 1 fully saturated rings. The lowest BCUT2D eigenvalue weighted by Gasteiger charge is -2.29.